The number of rotatable bonds is 7. The number of ketones is 1. The molecule has 0 amide bonds. The molecule has 5 nitrogen and oxygen atoms in total. The molecule has 1 aromatic carbocycles. The third-order valence-corrected chi connectivity index (χ3v) is 6.03. The van der Waals surface area contributed by atoms with E-state index in [1.54, 1.807) is 17.0 Å². The molecule has 3 heterocycles. The predicted molar refractivity (Wildman–Crippen MR) is 120 cm³/mol. The summed E-state index contributed by atoms with van der Waals surface area (Å²) < 4.78 is 78.8. The van der Waals surface area contributed by atoms with Gasteiger partial charge in [0.15, 0.2) is 5.78 Å². The summed E-state index contributed by atoms with van der Waals surface area (Å²) in [6, 6.07) is 8.68. The minimum Gasteiger partial charge on any atom is -0.346 e. The minimum absolute atomic E-state index is 0.0303. The molecule has 1 aliphatic rings. The smallest absolute Gasteiger partial charge is 0.346 e. The third kappa shape index (κ3) is 6.00. The number of hydrogen-bond acceptors (Lipinski definition) is 5. The Morgan fingerprint density at radius 1 is 0.944 bits per heavy atom. The molecule has 3 aromatic rings. The molecule has 36 heavy (non-hydrogen) atoms. The Balaban J connectivity index is 1.48. The number of carbonyl (C=O) groups excluding carboxylic acids is 1. The molecule has 0 N–H and O–H groups in total. The van der Waals surface area contributed by atoms with Crippen molar-refractivity contribution in [2.24, 2.45) is 0 Å². The zero-order valence-corrected chi connectivity index (χ0v) is 19.0. The fraction of sp³-hybridized carbons (Fsp3) is 0.360. The number of Topliss-reactive ketones (excluding diaryl/α,β-unsaturated/α-hetero) is 1. The highest BCUT2D eigenvalue weighted by Crippen LogP contribution is 2.34. The Kier molecular flexibility index (Phi) is 7.28. The summed E-state index contributed by atoms with van der Waals surface area (Å²) in [4.78, 5) is 25.8. The maximum atomic E-state index is 13.5. The van der Waals surface area contributed by atoms with Crippen LogP contribution in [0.3, 0.4) is 0 Å². The quantitative estimate of drug-likeness (QED) is 0.359. The van der Waals surface area contributed by atoms with Gasteiger partial charge in [-0.25, -0.2) is 9.97 Å². The van der Waals surface area contributed by atoms with Gasteiger partial charge in [-0.3, -0.25) is 9.78 Å². The van der Waals surface area contributed by atoms with Gasteiger partial charge < -0.3 is 4.90 Å². The molecule has 1 aliphatic heterocycles. The van der Waals surface area contributed by atoms with Crippen LogP contribution in [0.25, 0.3) is 11.3 Å². The Bertz CT molecular complexity index is 1200. The molecule has 0 bridgehead atoms. The van der Waals surface area contributed by atoms with Gasteiger partial charge in [-0.2, -0.15) is 26.3 Å². The molecule has 4 rings (SSSR count). The molecule has 0 radical (unpaired) electrons. The number of alkyl halides is 6. The third-order valence-electron chi connectivity index (χ3n) is 6.03. The predicted octanol–water partition coefficient (Wildman–Crippen LogP) is 6.14. The molecule has 11 heteroatoms. The van der Waals surface area contributed by atoms with Crippen LogP contribution in [0.15, 0.2) is 54.9 Å². The van der Waals surface area contributed by atoms with Crippen molar-refractivity contribution >= 4 is 11.6 Å². The maximum absolute atomic E-state index is 13.5. The summed E-state index contributed by atoms with van der Waals surface area (Å²) >= 11 is 0. The van der Waals surface area contributed by atoms with Crippen LogP contribution in [0.5, 0.6) is 0 Å². The van der Waals surface area contributed by atoms with Crippen LogP contribution in [0.2, 0.25) is 0 Å². The lowest BCUT2D eigenvalue weighted by Crippen LogP contribution is -2.37. The van der Waals surface area contributed by atoms with Crippen LogP contribution >= 0.6 is 0 Å². The number of nitrogens with zero attached hydrogens (tertiary/aromatic N) is 4. The van der Waals surface area contributed by atoms with Crippen LogP contribution < -0.4 is 4.90 Å². The number of aryl methyl sites for hydroxylation is 1. The van der Waals surface area contributed by atoms with Crippen molar-refractivity contribution < 1.29 is 31.1 Å². The highest BCUT2D eigenvalue weighted by Gasteiger charge is 2.38. The summed E-state index contributed by atoms with van der Waals surface area (Å²) in [5.41, 5.74) is 0.456. The molecular formula is C25H22F6N4O. The second kappa shape index (κ2) is 10.2. The van der Waals surface area contributed by atoms with E-state index in [0.29, 0.717) is 43.4 Å². The van der Waals surface area contributed by atoms with Gasteiger partial charge >= 0.3 is 12.4 Å². The van der Waals surface area contributed by atoms with Gasteiger partial charge in [0.2, 0.25) is 5.82 Å². The van der Waals surface area contributed by atoms with Gasteiger partial charge in [0.25, 0.3) is 0 Å². The Morgan fingerprint density at radius 3 is 2.28 bits per heavy atom. The normalized spacial score (nSPS) is 16.4. The summed E-state index contributed by atoms with van der Waals surface area (Å²) in [5, 5.41) is 0. The van der Waals surface area contributed by atoms with E-state index >= 15 is 0 Å². The van der Waals surface area contributed by atoms with Crippen molar-refractivity contribution in [3.63, 3.8) is 0 Å². The van der Waals surface area contributed by atoms with E-state index in [4.69, 9.17) is 0 Å². The highest BCUT2D eigenvalue weighted by molar-refractivity contribution is 5.87. The standard InChI is InChI=1S/C25H22F6N4O/c26-24(27,28)18-8-6-16(7-9-18)3-1-5-21(36)20-4-2-14-35(20)22-15-19(17-10-12-32-13-11-17)33-23(34-22)25(29,30)31/h6-13,15,20H,1-5,14H2/t20-/m0/s1. The second-order valence-electron chi connectivity index (χ2n) is 8.53. The first-order valence-corrected chi connectivity index (χ1v) is 11.3. The van der Waals surface area contributed by atoms with Crippen molar-refractivity contribution in [2.45, 2.75) is 50.5 Å². The second-order valence-corrected chi connectivity index (χ2v) is 8.53. The van der Waals surface area contributed by atoms with E-state index in [-0.39, 0.29) is 23.7 Å². The average molecular weight is 508 g/mol. The molecule has 1 fully saturated rings. The number of carbonyl (C=O) groups is 1. The lowest BCUT2D eigenvalue weighted by atomic mass is 10.0. The molecule has 0 aliphatic carbocycles. The first-order chi connectivity index (χ1) is 17.0. The van der Waals surface area contributed by atoms with Gasteiger partial charge in [-0.15, -0.1) is 0 Å². The van der Waals surface area contributed by atoms with E-state index < -0.39 is 29.8 Å². The van der Waals surface area contributed by atoms with E-state index in [2.05, 4.69) is 15.0 Å². The van der Waals surface area contributed by atoms with Crippen LogP contribution in [0.1, 0.15) is 42.6 Å². The highest BCUT2D eigenvalue weighted by atomic mass is 19.4. The first-order valence-electron chi connectivity index (χ1n) is 11.3. The number of pyridine rings is 1. The summed E-state index contributed by atoms with van der Waals surface area (Å²) in [5.74, 6) is -1.40. The molecule has 0 spiro atoms. The number of anilines is 1. The zero-order valence-electron chi connectivity index (χ0n) is 19.0. The Hall–Kier alpha value is -3.50. The van der Waals surface area contributed by atoms with E-state index in [1.165, 1.54) is 30.6 Å². The van der Waals surface area contributed by atoms with Crippen LogP contribution in [-0.4, -0.2) is 33.3 Å². The molecule has 0 unspecified atom stereocenters. The zero-order chi connectivity index (χ0) is 25.9. The molecule has 2 aromatic heterocycles. The summed E-state index contributed by atoms with van der Waals surface area (Å²) in [7, 11) is 0. The van der Waals surface area contributed by atoms with Crippen molar-refractivity contribution in [1.82, 2.24) is 15.0 Å². The topological polar surface area (TPSA) is 59.0 Å². The molecule has 1 atom stereocenters. The van der Waals surface area contributed by atoms with Crippen molar-refractivity contribution in [1.29, 1.82) is 0 Å². The molecule has 0 saturated carbocycles. The van der Waals surface area contributed by atoms with Crippen LogP contribution in [-0.2, 0) is 23.6 Å². The Labute approximate surface area is 203 Å². The van der Waals surface area contributed by atoms with Gasteiger partial charge in [-0.05, 0) is 55.5 Å². The first kappa shape index (κ1) is 25.6. The summed E-state index contributed by atoms with van der Waals surface area (Å²) in [6.45, 7) is 0.374. The largest absolute Gasteiger partial charge is 0.451 e. The number of hydrogen-bond donors (Lipinski definition) is 0. The molecule has 190 valence electrons. The fourth-order valence-corrected chi connectivity index (χ4v) is 4.25. The Morgan fingerprint density at radius 2 is 1.64 bits per heavy atom. The van der Waals surface area contributed by atoms with Crippen LogP contribution in [0, 0.1) is 0 Å². The molecular weight excluding hydrogens is 486 g/mol. The average Bonchev–Trinajstić information content (AvgIpc) is 3.34. The lowest BCUT2D eigenvalue weighted by Gasteiger charge is -2.26. The summed E-state index contributed by atoms with van der Waals surface area (Å²) in [6.07, 6.45) is -4.21. The lowest BCUT2D eigenvalue weighted by molar-refractivity contribution is -0.144. The fourth-order valence-electron chi connectivity index (χ4n) is 4.25. The van der Waals surface area contributed by atoms with E-state index in [9.17, 15) is 31.1 Å². The number of benzene rings is 1. The minimum atomic E-state index is -4.77. The van der Waals surface area contributed by atoms with Gasteiger partial charge in [-0.1, -0.05) is 12.1 Å². The van der Waals surface area contributed by atoms with E-state index in [1.807, 2.05) is 0 Å². The van der Waals surface area contributed by atoms with Crippen molar-refractivity contribution in [3.05, 3.63) is 71.8 Å². The number of aromatic nitrogens is 3. The van der Waals surface area contributed by atoms with E-state index in [0.717, 1.165) is 12.1 Å². The van der Waals surface area contributed by atoms with Crippen molar-refractivity contribution in [3.8, 4) is 11.3 Å². The van der Waals surface area contributed by atoms with Crippen LogP contribution in [0.4, 0.5) is 32.2 Å². The van der Waals surface area contributed by atoms with Crippen molar-refractivity contribution in [2.75, 3.05) is 11.4 Å². The van der Waals surface area contributed by atoms with Gasteiger partial charge in [0, 0.05) is 37.0 Å². The number of halogens is 6. The van der Waals surface area contributed by atoms with Gasteiger partial charge in [0.1, 0.15) is 5.82 Å². The molecule has 1 saturated heterocycles. The SMILES string of the molecule is O=C(CCCc1ccc(C(F)(F)F)cc1)[C@@H]1CCCN1c1cc(-c2ccncc2)nc(C(F)(F)F)n1. The monoisotopic (exact) mass is 508 g/mol. The maximum Gasteiger partial charge on any atom is 0.451 e. The van der Waals surface area contributed by atoms with Gasteiger partial charge in [0.05, 0.1) is 17.3 Å².